The highest BCUT2D eigenvalue weighted by molar-refractivity contribution is 6.53. The standard InChI is InChI=1S/C14H23BF4N2O2/c1-12(2)13(3,4)23-15(22-12)11(16)10(14(17,18)19)8-21-6-5-9(20)7-21/h9H,5-8,20H2,1-4H3. The van der Waals surface area contributed by atoms with Gasteiger partial charge < -0.3 is 15.0 Å². The molecule has 1 atom stereocenters. The molecule has 0 spiro atoms. The summed E-state index contributed by atoms with van der Waals surface area (Å²) in [4.78, 5) is 1.50. The minimum absolute atomic E-state index is 0.176. The fraction of sp³-hybridized carbons (Fsp3) is 0.857. The maximum atomic E-state index is 14.6. The third kappa shape index (κ3) is 3.89. The zero-order valence-electron chi connectivity index (χ0n) is 13.8. The second-order valence-corrected chi connectivity index (χ2v) is 7.20. The van der Waals surface area contributed by atoms with E-state index in [0.717, 1.165) is 0 Å². The lowest BCUT2D eigenvalue weighted by atomic mass is 9.84. The van der Waals surface area contributed by atoms with E-state index in [0.29, 0.717) is 19.5 Å². The zero-order valence-corrected chi connectivity index (χ0v) is 13.8. The van der Waals surface area contributed by atoms with E-state index in [2.05, 4.69) is 0 Å². The summed E-state index contributed by atoms with van der Waals surface area (Å²) >= 11 is 0. The fourth-order valence-electron chi connectivity index (χ4n) is 2.62. The molecule has 0 aromatic heterocycles. The predicted molar refractivity (Wildman–Crippen MR) is 79.3 cm³/mol. The summed E-state index contributed by atoms with van der Waals surface area (Å²) < 4.78 is 65.2. The number of rotatable bonds is 3. The van der Waals surface area contributed by atoms with Crippen molar-refractivity contribution in [1.82, 2.24) is 4.90 Å². The average Bonchev–Trinajstić information content (AvgIpc) is 2.86. The molecule has 2 rings (SSSR count). The molecular formula is C14H23BF4N2O2. The van der Waals surface area contributed by atoms with Crippen LogP contribution in [0.4, 0.5) is 17.6 Å². The van der Waals surface area contributed by atoms with Gasteiger partial charge in [-0.15, -0.1) is 0 Å². The summed E-state index contributed by atoms with van der Waals surface area (Å²) in [7, 11) is -1.65. The lowest BCUT2D eigenvalue weighted by Crippen LogP contribution is -2.41. The van der Waals surface area contributed by atoms with E-state index in [4.69, 9.17) is 15.0 Å². The predicted octanol–water partition coefficient (Wildman–Crippen LogP) is 2.44. The number of alkyl halides is 3. The van der Waals surface area contributed by atoms with Gasteiger partial charge in [0.1, 0.15) is 5.73 Å². The van der Waals surface area contributed by atoms with Crippen LogP contribution in [0.25, 0.3) is 0 Å². The Morgan fingerprint density at radius 3 is 2.13 bits per heavy atom. The third-order valence-corrected chi connectivity index (χ3v) is 4.78. The SMILES string of the molecule is CC1(C)OB(C(F)=C(CN2CCC(N)C2)C(F)(F)F)OC1(C)C. The lowest BCUT2D eigenvalue weighted by molar-refractivity contribution is -0.0971. The van der Waals surface area contributed by atoms with Crippen LogP contribution in [0.1, 0.15) is 34.1 Å². The minimum atomic E-state index is -4.79. The van der Waals surface area contributed by atoms with Crippen molar-refractivity contribution in [2.45, 2.75) is 57.5 Å². The maximum Gasteiger partial charge on any atom is 0.525 e. The molecule has 0 radical (unpaired) electrons. The summed E-state index contributed by atoms with van der Waals surface area (Å²) in [5, 5.41) is 0. The topological polar surface area (TPSA) is 47.7 Å². The number of halogens is 4. The molecule has 0 aromatic rings. The van der Waals surface area contributed by atoms with Gasteiger partial charge in [-0.05, 0) is 34.1 Å². The van der Waals surface area contributed by atoms with Gasteiger partial charge in [0, 0.05) is 25.7 Å². The second kappa shape index (κ2) is 6.02. The molecule has 1 unspecified atom stereocenters. The van der Waals surface area contributed by atoms with Crippen LogP contribution in [0.15, 0.2) is 11.3 Å². The highest BCUT2D eigenvalue weighted by Gasteiger charge is 2.55. The second-order valence-electron chi connectivity index (χ2n) is 7.20. The van der Waals surface area contributed by atoms with Crippen LogP contribution in [0, 0.1) is 0 Å². The average molecular weight is 338 g/mol. The van der Waals surface area contributed by atoms with E-state index < -0.39 is 42.3 Å². The van der Waals surface area contributed by atoms with Crippen molar-refractivity contribution in [3.05, 3.63) is 11.3 Å². The molecule has 9 heteroatoms. The first-order valence-corrected chi connectivity index (χ1v) is 7.63. The van der Waals surface area contributed by atoms with Gasteiger partial charge in [-0.1, -0.05) is 0 Å². The van der Waals surface area contributed by atoms with Crippen molar-refractivity contribution in [2.24, 2.45) is 5.73 Å². The molecule has 23 heavy (non-hydrogen) atoms. The molecule has 0 amide bonds. The molecule has 2 heterocycles. The van der Waals surface area contributed by atoms with Crippen LogP contribution in [0.2, 0.25) is 0 Å². The molecule has 0 aliphatic carbocycles. The molecule has 0 saturated carbocycles. The van der Waals surface area contributed by atoms with Crippen LogP contribution < -0.4 is 5.73 Å². The van der Waals surface area contributed by atoms with E-state index in [1.165, 1.54) is 4.90 Å². The Hall–Kier alpha value is -0.635. The Morgan fingerprint density at radius 2 is 1.74 bits per heavy atom. The van der Waals surface area contributed by atoms with Crippen molar-refractivity contribution < 1.29 is 26.9 Å². The molecule has 2 fully saturated rings. The molecule has 2 N–H and O–H groups in total. The molecule has 4 nitrogen and oxygen atoms in total. The smallest absolute Gasteiger partial charge is 0.398 e. The summed E-state index contributed by atoms with van der Waals surface area (Å²) in [6, 6.07) is -0.176. The Balaban J connectivity index is 2.25. The number of likely N-dealkylation sites (tertiary alicyclic amines) is 1. The van der Waals surface area contributed by atoms with Gasteiger partial charge in [0.25, 0.3) is 0 Å². The Bertz CT molecular complexity index is 478. The zero-order chi connectivity index (χ0) is 17.6. The molecule has 2 aliphatic heterocycles. The molecular weight excluding hydrogens is 315 g/mol. The summed E-state index contributed by atoms with van der Waals surface area (Å²) in [6.07, 6.45) is -4.19. The van der Waals surface area contributed by atoms with Crippen molar-refractivity contribution in [1.29, 1.82) is 0 Å². The molecule has 0 aromatic carbocycles. The van der Waals surface area contributed by atoms with Gasteiger partial charge in [-0.3, -0.25) is 4.90 Å². The summed E-state index contributed by atoms with van der Waals surface area (Å²) in [5.41, 5.74) is 1.23. The summed E-state index contributed by atoms with van der Waals surface area (Å²) in [5.74, 6) is 0. The Kier molecular flexibility index (Phi) is 4.89. The van der Waals surface area contributed by atoms with E-state index >= 15 is 0 Å². The normalized spacial score (nSPS) is 29.1. The van der Waals surface area contributed by atoms with Gasteiger partial charge in [0.05, 0.1) is 16.8 Å². The van der Waals surface area contributed by atoms with Crippen LogP contribution in [0.3, 0.4) is 0 Å². The highest BCUT2D eigenvalue weighted by Crippen LogP contribution is 2.41. The monoisotopic (exact) mass is 338 g/mol. The largest absolute Gasteiger partial charge is 0.525 e. The van der Waals surface area contributed by atoms with E-state index in [1.807, 2.05) is 0 Å². The first-order chi connectivity index (χ1) is 10.3. The lowest BCUT2D eigenvalue weighted by Gasteiger charge is -2.32. The first-order valence-electron chi connectivity index (χ1n) is 7.63. The number of nitrogens with two attached hydrogens (primary N) is 1. The van der Waals surface area contributed by atoms with Crippen LogP contribution in [-0.2, 0) is 9.31 Å². The van der Waals surface area contributed by atoms with E-state index in [-0.39, 0.29) is 6.04 Å². The number of nitrogens with zero attached hydrogens (tertiary/aromatic N) is 1. The van der Waals surface area contributed by atoms with E-state index in [1.54, 1.807) is 27.7 Å². The van der Waals surface area contributed by atoms with Crippen LogP contribution in [-0.4, -0.2) is 55.1 Å². The fourth-order valence-corrected chi connectivity index (χ4v) is 2.62. The van der Waals surface area contributed by atoms with Gasteiger partial charge in [0.15, 0.2) is 0 Å². The Morgan fingerprint density at radius 1 is 1.22 bits per heavy atom. The quantitative estimate of drug-likeness (QED) is 0.634. The third-order valence-electron chi connectivity index (χ3n) is 4.78. The van der Waals surface area contributed by atoms with Gasteiger partial charge in [-0.25, -0.2) is 4.39 Å². The van der Waals surface area contributed by atoms with E-state index in [9.17, 15) is 17.6 Å². The number of hydrogen-bond acceptors (Lipinski definition) is 4. The van der Waals surface area contributed by atoms with Gasteiger partial charge in [-0.2, -0.15) is 13.2 Å². The molecule has 2 aliphatic rings. The van der Waals surface area contributed by atoms with Crippen molar-refractivity contribution >= 4 is 7.12 Å². The van der Waals surface area contributed by atoms with Crippen molar-refractivity contribution in [3.63, 3.8) is 0 Å². The van der Waals surface area contributed by atoms with Gasteiger partial charge in [0.2, 0.25) is 0 Å². The van der Waals surface area contributed by atoms with Crippen LogP contribution in [0.5, 0.6) is 0 Å². The molecule has 0 bridgehead atoms. The maximum absolute atomic E-state index is 14.6. The first kappa shape index (κ1) is 18.7. The molecule has 132 valence electrons. The van der Waals surface area contributed by atoms with Crippen LogP contribution >= 0.6 is 0 Å². The summed E-state index contributed by atoms with van der Waals surface area (Å²) in [6.45, 7) is 6.82. The van der Waals surface area contributed by atoms with Gasteiger partial charge >= 0.3 is 13.3 Å². The minimum Gasteiger partial charge on any atom is -0.398 e. The highest BCUT2D eigenvalue weighted by atomic mass is 19.4. The molecule has 2 saturated heterocycles. The Labute approximate surface area is 134 Å². The van der Waals surface area contributed by atoms with Crippen molar-refractivity contribution in [2.75, 3.05) is 19.6 Å². The van der Waals surface area contributed by atoms with Crippen molar-refractivity contribution in [3.8, 4) is 0 Å². The number of hydrogen-bond donors (Lipinski definition) is 1.